The van der Waals surface area contributed by atoms with E-state index in [4.69, 9.17) is 0 Å². The summed E-state index contributed by atoms with van der Waals surface area (Å²) in [6.07, 6.45) is 4.52. The highest BCUT2D eigenvalue weighted by molar-refractivity contribution is 5.74. The Labute approximate surface area is 109 Å². The molecule has 0 rings (SSSR count). The maximum absolute atomic E-state index is 10.1. The molecule has 0 fully saturated rings. The van der Waals surface area contributed by atoms with Crippen LogP contribution in [0.1, 0.15) is 60.3 Å². The number of carbonyl (C=O) groups excluding carboxylic acids is 1. The molecule has 0 saturated carbocycles. The van der Waals surface area contributed by atoms with Crippen molar-refractivity contribution in [3.8, 4) is 0 Å². The van der Waals surface area contributed by atoms with Crippen molar-refractivity contribution in [2.45, 2.75) is 60.3 Å². The number of amides is 1. The molecule has 0 aromatic heterocycles. The van der Waals surface area contributed by atoms with E-state index in [2.05, 4.69) is 31.1 Å². The molecule has 0 radical (unpaired) electrons. The summed E-state index contributed by atoms with van der Waals surface area (Å²) in [5.41, 5.74) is 0. The smallest absolute Gasteiger partial charge is 0.219 e. The maximum atomic E-state index is 10.1. The summed E-state index contributed by atoms with van der Waals surface area (Å²) in [5, 5.41) is 2.48. The Morgan fingerprint density at radius 3 is 1.82 bits per heavy atom. The highest BCUT2D eigenvalue weighted by Crippen LogP contribution is 1.91. The van der Waals surface area contributed by atoms with Gasteiger partial charge in [-0.15, -0.1) is 0 Å². The minimum absolute atomic E-state index is 0.0926. The third-order valence-electron chi connectivity index (χ3n) is 2.10. The topological polar surface area (TPSA) is 32.3 Å². The molecule has 106 valence electrons. The van der Waals surface area contributed by atoms with Crippen LogP contribution in [0.4, 0.5) is 0 Å². The van der Waals surface area contributed by atoms with Crippen LogP contribution in [-0.2, 0) is 4.79 Å². The van der Waals surface area contributed by atoms with Gasteiger partial charge in [0.15, 0.2) is 0 Å². The van der Waals surface area contributed by atoms with Crippen molar-refractivity contribution in [3.05, 3.63) is 0 Å². The fourth-order valence-electron chi connectivity index (χ4n) is 1.10. The second kappa shape index (κ2) is 20.8. The van der Waals surface area contributed by atoms with Gasteiger partial charge in [0.05, 0.1) is 0 Å². The van der Waals surface area contributed by atoms with Crippen molar-refractivity contribution < 1.29 is 4.79 Å². The third kappa shape index (κ3) is 25.6. The first-order valence-electron chi connectivity index (χ1n) is 7.01. The van der Waals surface area contributed by atoms with Gasteiger partial charge >= 0.3 is 0 Å². The molecule has 0 bridgehead atoms. The van der Waals surface area contributed by atoms with Crippen LogP contribution in [0.3, 0.4) is 0 Å². The molecule has 1 N–H and O–H groups in total. The Morgan fingerprint density at radius 1 is 1.06 bits per heavy atom. The van der Waals surface area contributed by atoms with Crippen LogP contribution >= 0.6 is 0 Å². The van der Waals surface area contributed by atoms with Gasteiger partial charge in [0.1, 0.15) is 0 Å². The standard InChI is InChI=1S/C8H19N.C4H9NO.C2H6/c1-4-6-8-9(3)7-5-2;1-3-4(6)5-2;1-2/h4-8H2,1-3H3;3H2,1-2H3,(H,5,6);1-2H3. The van der Waals surface area contributed by atoms with E-state index in [9.17, 15) is 4.79 Å². The van der Waals surface area contributed by atoms with Crippen molar-refractivity contribution in [1.29, 1.82) is 0 Å². The van der Waals surface area contributed by atoms with Crippen LogP contribution in [0.2, 0.25) is 0 Å². The molecule has 0 unspecified atom stereocenters. The van der Waals surface area contributed by atoms with Crippen molar-refractivity contribution in [3.63, 3.8) is 0 Å². The lowest BCUT2D eigenvalue weighted by Crippen LogP contribution is -2.19. The third-order valence-corrected chi connectivity index (χ3v) is 2.10. The van der Waals surface area contributed by atoms with Gasteiger partial charge in [0.25, 0.3) is 0 Å². The summed E-state index contributed by atoms with van der Waals surface area (Å²) >= 11 is 0. The van der Waals surface area contributed by atoms with Crippen LogP contribution in [0.15, 0.2) is 0 Å². The quantitative estimate of drug-likeness (QED) is 0.780. The lowest BCUT2D eigenvalue weighted by molar-refractivity contribution is -0.120. The average Bonchev–Trinajstić information content (AvgIpc) is 2.38. The molecule has 3 heteroatoms. The number of unbranched alkanes of at least 4 members (excludes halogenated alkanes) is 1. The number of hydrogen-bond acceptors (Lipinski definition) is 2. The zero-order valence-electron chi connectivity index (χ0n) is 13.1. The van der Waals surface area contributed by atoms with Crippen LogP contribution in [0.25, 0.3) is 0 Å². The highest BCUT2D eigenvalue weighted by Gasteiger charge is 1.92. The fraction of sp³-hybridized carbons (Fsp3) is 0.929. The van der Waals surface area contributed by atoms with Gasteiger partial charge in [0.2, 0.25) is 5.91 Å². The molecule has 0 aliphatic heterocycles. The van der Waals surface area contributed by atoms with E-state index in [-0.39, 0.29) is 5.91 Å². The summed E-state index contributed by atoms with van der Waals surface area (Å²) in [4.78, 5) is 12.5. The van der Waals surface area contributed by atoms with Crippen LogP contribution in [0.5, 0.6) is 0 Å². The van der Waals surface area contributed by atoms with Crippen molar-refractivity contribution in [2.24, 2.45) is 0 Å². The molecule has 0 aromatic rings. The number of carbonyl (C=O) groups is 1. The summed E-state index contributed by atoms with van der Waals surface area (Å²) in [7, 11) is 3.82. The van der Waals surface area contributed by atoms with E-state index in [1.165, 1.54) is 32.4 Å². The normalized spacial score (nSPS) is 8.71. The first kappa shape index (κ1) is 21.7. The van der Waals surface area contributed by atoms with Crippen molar-refractivity contribution in [1.82, 2.24) is 10.2 Å². The largest absolute Gasteiger partial charge is 0.359 e. The summed E-state index contributed by atoms with van der Waals surface area (Å²) in [6.45, 7) is 12.8. The van der Waals surface area contributed by atoms with Crippen LogP contribution in [0, 0.1) is 0 Å². The molecule has 0 spiro atoms. The molecule has 0 aliphatic carbocycles. The molecule has 3 nitrogen and oxygen atoms in total. The molecular weight excluding hydrogens is 212 g/mol. The Bertz CT molecular complexity index is 132. The van der Waals surface area contributed by atoms with Crippen LogP contribution < -0.4 is 5.32 Å². The van der Waals surface area contributed by atoms with E-state index in [0.29, 0.717) is 6.42 Å². The van der Waals surface area contributed by atoms with Gasteiger partial charge in [0, 0.05) is 13.5 Å². The molecule has 17 heavy (non-hydrogen) atoms. The zero-order valence-corrected chi connectivity index (χ0v) is 13.1. The Kier molecular flexibility index (Phi) is 26.5. The van der Waals surface area contributed by atoms with Gasteiger partial charge in [-0.05, 0) is 33.0 Å². The second-order valence-corrected chi connectivity index (χ2v) is 3.68. The number of nitrogens with zero attached hydrogens (tertiary/aromatic N) is 1. The van der Waals surface area contributed by atoms with Crippen molar-refractivity contribution in [2.75, 3.05) is 27.2 Å². The molecule has 0 aromatic carbocycles. The summed E-state index contributed by atoms with van der Waals surface area (Å²) < 4.78 is 0. The number of rotatable bonds is 6. The molecule has 0 saturated heterocycles. The molecule has 0 atom stereocenters. The van der Waals surface area contributed by atoms with Gasteiger partial charge in [-0.2, -0.15) is 0 Å². The second-order valence-electron chi connectivity index (χ2n) is 3.68. The average molecular weight is 246 g/mol. The predicted molar refractivity (Wildman–Crippen MR) is 78.4 cm³/mol. The Hall–Kier alpha value is -0.570. The van der Waals surface area contributed by atoms with E-state index in [1.807, 2.05) is 20.8 Å². The van der Waals surface area contributed by atoms with Gasteiger partial charge < -0.3 is 10.2 Å². The minimum atomic E-state index is 0.0926. The van der Waals surface area contributed by atoms with Crippen molar-refractivity contribution >= 4 is 5.91 Å². The van der Waals surface area contributed by atoms with Gasteiger partial charge in [-0.3, -0.25) is 4.79 Å². The fourth-order valence-corrected chi connectivity index (χ4v) is 1.10. The summed E-state index contributed by atoms with van der Waals surface area (Å²) in [6, 6.07) is 0. The lowest BCUT2D eigenvalue weighted by Gasteiger charge is -2.13. The van der Waals surface area contributed by atoms with E-state index in [1.54, 1.807) is 7.05 Å². The molecule has 0 aliphatic rings. The molecule has 0 heterocycles. The first-order valence-corrected chi connectivity index (χ1v) is 7.01. The molecular formula is C14H34N2O. The predicted octanol–water partition coefficient (Wildman–Crippen LogP) is 3.30. The Morgan fingerprint density at radius 2 is 1.59 bits per heavy atom. The van der Waals surface area contributed by atoms with E-state index >= 15 is 0 Å². The van der Waals surface area contributed by atoms with Crippen LogP contribution in [-0.4, -0.2) is 38.0 Å². The molecule has 1 amide bonds. The summed E-state index contributed by atoms with van der Waals surface area (Å²) in [5.74, 6) is 0.0926. The zero-order chi connectivity index (χ0) is 14.1. The first-order chi connectivity index (χ1) is 8.12. The Balaban J connectivity index is -0.000000213. The highest BCUT2D eigenvalue weighted by atomic mass is 16.1. The maximum Gasteiger partial charge on any atom is 0.219 e. The lowest BCUT2D eigenvalue weighted by atomic mass is 10.3. The van der Waals surface area contributed by atoms with Gasteiger partial charge in [-0.1, -0.05) is 41.0 Å². The SMILES string of the molecule is CC.CCC(=O)NC.CCCCN(C)CCC. The number of nitrogens with one attached hydrogen (secondary N) is 1. The number of hydrogen-bond donors (Lipinski definition) is 1. The van der Waals surface area contributed by atoms with Gasteiger partial charge in [-0.25, -0.2) is 0 Å². The monoisotopic (exact) mass is 246 g/mol. The van der Waals surface area contributed by atoms with E-state index < -0.39 is 0 Å². The van der Waals surface area contributed by atoms with E-state index in [0.717, 1.165) is 0 Å². The minimum Gasteiger partial charge on any atom is -0.359 e.